The van der Waals surface area contributed by atoms with E-state index in [1.165, 1.54) is 13.0 Å². The molecule has 19 heavy (non-hydrogen) atoms. The lowest BCUT2D eigenvalue weighted by Crippen LogP contribution is -2.44. The molecule has 0 aromatic heterocycles. The third kappa shape index (κ3) is 2.93. The van der Waals surface area contributed by atoms with Crippen LogP contribution in [0.25, 0.3) is 0 Å². The lowest BCUT2D eigenvalue weighted by Gasteiger charge is -2.34. The summed E-state index contributed by atoms with van der Waals surface area (Å²) in [6.45, 7) is 4.65. The number of nitrogens with zero attached hydrogens (tertiary/aromatic N) is 1. The summed E-state index contributed by atoms with van der Waals surface area (Å²) in [7, 11) is 0. The Labute approximate surface area is 111 Å². The second-order valence-corrected chi connectivity index (χ2v) is 4.80. The van der Waals surface area contributed by atoms with Gasteiger partial charge in [-0.2, -0.15) is 0 Å². The average Bonchev–Trinajstić information content (AvgIpc) is 2.41. The summed E-state index contributed by atoms with van der Waals surface area (Å²) in [4.78, 5) is 13.6. The Balaban J connectivity index is 2.37. The maximum Gasteiger partial charge on any atom is 0.161 e. The Morgan fingerprint density at radius 1 is 1.58 bits per heavy atom. The molecule has 0 aliphatic carbocycles. The predicted molar refractivity (Wildman–Crippen MR) is 70.2 cm³/mol. The van der Waals surface area contributed by atoms with Crippen LogP contribution in [0, 0.1) is 12.7 Å². The van der Waals surface area contributed by atoms with Crippen LogP contribution >= 0.6 is 0 Å². The Morgan fingerprint density at radius 2 is 2.32 bits per heavy atom. The highest BCUT2D eigenvalue weighted by molar-refractivity contribution is 6.00. The van der Waals surface area contributed by atoms with Gasteiger partial charge >= 0.3 is 0 Å². The molecule has 5 heteroatoms. The van der Waals surface area contributed by atoms with Crippen LogP contribution < -0.4 is 4.90 Å². The van der Waals surface area contributed by atoms with Crippen LogP contribution in [0.5, 0.6) is 0 Å². The molecule has 1 fully saturated rings. The van der Waals surface area contributed by atoms with Crippen LogP contribution in [-0.2, 0) is 4.74 Å². The van der Waals surface area contributed by atoms with E-state index in [0.29, 0.717) is 36.5 Å². The third-order valence-electron chi connectivity index (χ3n) is 3.34. The zero-order valence-electron chi connectivity index (χ0n) is 11.1. The fourth-order valence-electron chi connectivity index (χ4n) is 2.26. The van der Waals surface area contributed by atoms with E-state index in [0.717, 1.165) is 0 Å². The van der Waals surface area contributed by atoms with Gasteiger partial charge in [0.25, 0.3) is 0 Å². The number of aliphatic hydroxyl groups is 1. The van der Waals surface area contributed by atoms with E-state index in [9.17, 15) is 9.18 Å². The Bertz CT molecular complexity index is 490. The van der Waals surface area contributed by atoms with Gasteiger partial charge in [0.1, 0.15) is 5.82 Å². The van der Waals surface area contributed by atoms with E-state index in [4.69, 9.17) is 9.84 Å². The lowest BCUT2D eigenvalue weighted by molar-refractivity contribution is 0.00353. The van der Waals surface area contributed by atoms with Crippen LogP contribution in [0.2, 0.25) is 0 Å². The van der Waals surface area contributed by atoms with E-state index in [-0.39, 0.29) is 24.3 Å². The molecule has 0 saturated carbocycles. The van der Waals surface area contributed by atoms with E-state index in [1.807, 2.05) is 4.90 Å². The normalized spacial score (nSPS) is 19.6. The number of halogens is 1. The molecule has 0 radical (unpaired) electrons. The molecule has 1 aromatic carbocycles. The molecule has 0 spiro atoms. The first-order chi connectivity index (χ1) is 9.02. The molecule has 1 aliphatic heterocycles. The number of ketones is 1. The second kappa shape index (κ2) is 5.67. The second-order valence-electron chi connectivity index (χ2n) is 4.80. The van der Waals surface area contributed by atoms with Gasteiger partial charge < -0.3 is 14.7 Å². The van der Waals surface area contributed by atoms with E-state index < -0.39 is 0 Å². The molecule has 0 amide bonds. The summed E-state index contributed by atoms with van der Waals surface area (Å²) >= 11 is 0. The van der Waals surface area contributed by atoms with Gasteiger partial charge in [0, 0.05) is 24.3 Å². The summed E-state index contributed by atoms with van der Waals surface area (Å²) in [5, 5.41) is 9.15. The van der Waals surface area contributed by atoms with Crippen LogP contribution in [0.4, 0.5) is 10.1 Å². The first-order valence-electron chi connectivity index (χ1n) is 6.31. The number of hydrogen-bond acceptors (Lipinski definition) is 4. The van der Waals surface area contributed by atoms with Gasteiger partial charge in [-0.1, -0.05) is 0 Å². The van der Waals surface area contributed by atoms with E-state index >= 15 is 0 Å². The van der Waals surface area contributed by atoms with Crippen molar-refractivity contribution in [1.82, 2.24) is 0 Å². The van der Waals surface area contributed by atoms with Gasteiger partial charge in [0.2, 0.25) is 0 Å². The molecule has 1 aliphatic rings. The molecule has 1 saturated heterocycles. The highest BCUT2D eigenvalue weighted by Gasteiger charge is 2.23. The monoisotopic (exact) mass is 267 g/mol. The number of rotatable bonds is 3. The molecule has 1 heterocycles. The molecule has 1 unspecified atom stereocenters. The average molecular weight is 267 g/mol. The number of hydrogen-bond donors (Lipinski definition) is 1. The van der Waals surface area contributed by atoms with Crippen molar-refractivity contribution in [2.45, 2.75) is 20.0 Å². The van der Waals surface area contributed by atoms with Gasteiger partial charge in [-0.3, -0.25) is 4.79 Å². The molecule has 1 atom stereocenters. The molecule has 2 rings (SSSR count). The molecule has 4 nitrogen and oxygen atoms in total. The van der Waals surface area contributed by atoms with Gasteiger partial charge in [0.05, 0.1) is 19.3 Å². The van der Waals surface area contributed by atoms with Gasteiger partial charge in [0.15, 0.2) is 5.78 Å². The van der Waals surface area contributed by atoms with Crippen molar-refractivity contribution in [3.63, 3.8) is 0 Å². The number of carbonyl (C=O) groups excluding carboxylic acids is 1. The van der Waals surface area contributed by atoms with Crippen molar-refractivity contribution >= 4 is 11.5 Å². The SMILES string of the molecule is CC(=O)c1cc(F)c(C)cc1N1CCOC(CO)C1. The van der Waals surface area contributed by atoms with Crippen LogP contribution in [0.15, 0.2) is 12.1 Å². The quantitative estimate of drug-likeness (QED) is 0.844. The standard InChI is InChI=1S/C14H18FNO3/c1-9-5-14(12(10(2)18)6-13(9)15)16-3-4-19-11(7-16)8-17/h5-6,11,17H,3-4,7-8H2,1-2H3. The van der Waals surface area contributed by atoms with Crippen molar-refractivity contribution < 1.29 is 19.0 Å². The Morgan fingerprint density at radius 3 is 2.95 bits per heavy atom. The first kappa shape index (κ1) is 14.0. The summed E-state index contributed by atoms with van der Waals surface area (Å²) < 4.78 is 19.0. The fraction of sp³-hybridized carbons (Fsp3) is 0.500. The topological polar surface area (TPSA) is 49.8 Å². The Hall–Kier alpha value is -1.46. The zero-order chi connectivity index (χ0) is 14.0. The number of morpholine rings is 1. The van der Waals surface area contributed by atoms with Crippen LogP contribution in [0.1, 0.15) is 22.8 Å². The fourth-order valence-corrected chi connectivity index (χ4v) is 2.26. The minimum atomic E-state index is -0.374. The number of ether oxygens (including phenoxy) is 1. The number of Topliss-reactive ketones (excluding diaryl/α,β-unsaturated/α-hetero) is 1. The smallest absolute Gasteiger partial charge is 0.161 e. The molecule has 104 valence electrons. The highest BCUT2D eigenvalue weighted by Crippen LogP contribution is 2.26. The van der Waals surface area contributed by atoms with E-state index in [1.54, 1.807) is 13.0 Å². The van der Waals surface area contributed by atoms with Crippen LogP contribution in [0.3, 0.4) is 0 Å². The molecule has 0 bridgehead atoms. The summed E-state index contributed by atoms with van der Waals surface area (Å²) in [5.74, 6) is -0.540. The minimum absolute atomic E-state index is 0.0634. The third-order valence-corrected chi connectivity index (χ3v) is 3.34. The van der Waals surface area contributed by atoms with Gasteiger partial charge in [-0.15, -0.1) is 0 Å². The number of carbonyl (C=O) groups is 1. The largest absolute Gasteiger partial charge is 0.394 e. The van der Waals surface area contributed by atoms with Gasteiger partial charge in [-0.25, -0.2) is 4.39 Å². The number of benzene rings is 1. The first-order valence-corrected chi connectivity index (χ1v) is 6.31. The molecular formula is C14H18FNO3. The van der Waals surface area contributed by atoms with Crippen LogP contribution in [-0.4, -0.2) is 43.3 Å². The maximum atomic E-state index is 13.6. The number of aryl methyl sites for hydroxylation is 1. The number of anilines is 1. The molecule has 1 N–H and O–H groups in total. The van der Waals surface area contributed by atoms with Crippen molar-refractivity contribution in [2.75, 3.05) is 31.2 Å². The van der Waals surface area contributed by atoms with E-state index in [2.05, 4.69) is 0 Å². The van der Waals surface area contributed by atoms with Crippen molar-refractivity contribution in [3.8, 4) is 0 Å². The number of aliphatic hydroxyl groups excluding tert-OH is 1. The highest BCUT2D eigenvalue weighted by atomic mass is 19.1. The summed E-state index contributed by atoms with van der Waals surface area (Å²) in [5.41, 5.74) is 1.60. The summed E-state index contributed by atoms with van der Waals surface area (Å²) in [6, 6.07) is 2.97. The zero-order valence-corrected chi connectivity index (χ0v) is 11.1. The predicted octanol–water partition coefficient (Wildman–Crippen LogP) is 1.53. The van der Waals surface area contributed by atoms with Gasteiger partial charge in [-0.05, 0) is 31.5 Å². The van der Waals surface area contributed by atoms with Crippen molar-refractivity contribution in [2.24, 2.45) is 0 Å². The Kier molecular flexibility index (Phi) is 4.17. The van der Waals surface area contributed by atoms with Crippen molar-refractivity contribution in [3.05, 3.63) is 29.1 Å². The lowest BCUT2D eigenvalue weighted by atomic mass is 10.0. The van der Waals surface area contributed by atoms with Crippen molar-refractivity contribution in [1.29, 1.82) is 0 Å². The minimum Gasteiger partial charge on any atom is -0.394 e. The maximum absolute atomic E-state index is 13.6. The molecule has 1 aromatic rings. The summed E-state index contributed by atoms with van der Waals surface area (Å²) in [6.07, 6.45) is -0.265. The molecular weight excluding hydrogens is 249 g/mol.